The summed E-state index contributed by atoms with van der Waals surface area (Å²) >= 11 is 1.66. The zero-order chi connectivity index (χ0) is 11.8. The molecule has 0 aliphatic carbocycles. The molecule has 0 spiro atoms. The van der Waals surface area contributed by atoms with E-state index in [0.29, 0.717) is 0 Å². The SMILES string of the molecule is COc1csc(C)c1-c1nc2ccncc2[nH]1. The van der Waals surface area contributed by atoms with E-state index in [1.165, 1.54) is 4.88 Å². The lowest BCUT2D eigenvalue weighted by Crippen LogP contribution is -1.86. The molecular formula is C12H11N3OS. The smallest absolute Gasteiger partial charge is 0.143 e. The molecule has 0 aliphatic rings. The number of methoxy groups -OCH3 is 1. The van der Waals surface area contributed by atoms with Crippen molar-refractivity contribution in [1.29, 1.82) is 0 Å². The maximum Gasteiger partial charge on any atom is 0.143 e. The van der Waals surface area contributed by atoms with Gasteiger partial charge in [-0.2, -0.15) is 0 Å². The van der Waals surface area contributed by atoms with Gasteiger partial charge in [-0.15, -0.1) is 11.3 Å². The van der Waals surface area contributed by atoms with E-state index >= 15 is 0 Å². The summed E-state index contributed by atoms with van der Waals surface area (Å²) in [7, 11) is 1.68. The van der Waals surface area contributed by atoms with Crippen molar-refractivity contribution >= 4 is 22.4 Å². The molecule has 3 aromatic heterocycles. The van der Waals surface area contributed by atoms with Crippen LogP contribution in [-0.4, -0.2) is 22.1 Å². The van der Waals surface area contributed by atoms with E-state index in [0.717, 1.165) is 28.2 Å². The third-order valence-corrected chi connectivity index (χ3v) is 3.57. The molecule has 3 rings (SSSR count). The fourth-order valence-corrected chi connectivity index (χ4v) is 2.66. The summed E-state index contributed by atoms with van der Waals surface area (Å²) < 4.78 is 5.35. The summed E-state index contributed by atoms with van der Waals surface area (Å²) in [6.45, 7) is 2.06. The monoisotopic (exact) mass is 245 g/mol. The first kappa shape index (κ1) is 10.3. The average Bonchev–Trinajstić information content (AvgIpc) is 2.91. The first-order chi connectivity index (χ1) is 8.29. The summed E-state index contributed by atoms with van der Waals surface area (Å²) in [5.41, 5.74) is 2.89. The van der Waals surface area contributed by atoms with Gasteiger partial charge >= 0.3 is 0 Å². The van der Waals surface area contributed by atoms with Crippen molar-refractivity contribution in [3.05, 3.63) is 28.7 Å². The summed E-state index contributed by atoms with van der Waals surface area (Å²) in [5, 5.41) is 2.00. The highest BCUT2D eigenvalue weighted by Gasteiger charge is 2.15. The van der Waals surface area contributed by atoms with E-state index in [-0.39, 0.29) is 0 Å². The number of rotatable bonds is 2. The number of pyridine rings is 1. The van der Waals surface area contributed by atoms with E-state index in [4.69, 9.17) is 4.74 Å². The molecule has 0 amide bonds. The number of aromatic amines is 1. The van der Waals surface area contributed by atoms with Crippen molar-refractivity contribution in [2.45, 2.75) is 6.92 Å². The Morgan fingerprint density at radius 2 is 2.29 bits per heavy atom. The van der Waals surface area contributed by atoms with Gasteiger partial charge in [0.25, 0.3) is 0 Å². The summed E-state index contributed by atoms with van der Waals surface area (Å²) in [4.78, 5) is 13.1. The standard InChI is InChI=1S/C12H11N3OS/c1-7-11(10(16-2)6-17-7)12-14-8-3-4-13-5-9(8)15-12/h3-6H,1-2H3,(H,14,15). The largest absolute Gasteiger partial charge is 0.495 e. The maximum atomic E-state index is 5.35. The number of H-pyrrole nitrogens is 1. The molecule has 0 radical (unpaired) electrons. The third-order valence-electron chi connectivity index (χ3n) is 2.68. The van der Waals surface area contributed by atoms with Gasteiger partial charge in [0.05, 0.1) is 29.9 Å². The van der Waals surface area contributed by atoms with E-state index in [2.05, 4.69) is 21.9 Å². The molecule has 86 valence electrons. The molecule has 0 bridgehead atoms. The normalized spacial score (nSPS) is 10.9. The highest BCUT2D eigenvalue weighted by atomic mass is 32.1. The second-order valence-electron chi connectivity index (χ2n) is 3.71. The van der Waals surface area contributed by atoms with E-state index < -0.39 is 0 Å². The lowest BCUT2D eigenvalue weighted by molar-refractivity contribution is 0.418. The fraction of sp³-hybridized carbons (Fsp3) is 0.167. The first-order valence-electron chi connectivity index (χ1n) is 5.22. The number of imidazole rings is 1. The zero-order valence-electron chi connectivity index (χ0n) is 9.52. The van der Waals surface area contributed by atoms with Crippen LogP contribution in [0.4, 0.5) is 0 Å². The van der Waals surface area contributed by atoms with Crippen LogP contribution in [-0.2, 0) is 0 Å². The Bertz CT molecular complexity index is 638. The van der Waals surface area contributed by atoms with Crippen molar-refractivity contribution in [3.8, 4) is 17.1 Å². The Labute approximate surface area is 102 Å². The average molecular weight is 245 g/mol. The topological polar surface area (TPSA) is 50.8 Å². The molecule has 0 saturated carbocycles. The predicted octanol–water partition coefficient (Wildman–Crippen LogP) is 3.00. The van der Waals surface area contributed by atoms with Gasteiger partial charge in [0.2, 0.25) is 0 Å². The molecule has 1 N–H and O–H groups in total. The van der Waals surface area contributed by atoms with Crippen LogP contribution in [0.3, 0.4) is 0 Å². The maximum absolute atomic E-state index is 5.35. The number of aromatic nitrogens is 3. The van der Waals surface area contributed by atoms with Gasteiger partial charge in [-0.1, -0.05) is 0 Å². The molecular weight excluding hydrogens is 234 g/mol. The van der Waals surface area contributed by atoms with Gasteiger partial charge in [0, 0.05) is 16.5 Å². The minimum Gasteiger partial charge on any atom is -0.495 e. The molecule has 3 aromatic rings. The lowest BCUT2D eigenvalue weighted by Gasteiger charge is -2.00. The second-order valence-corrected chi connectivity index (χ2v) is 4.80. The Balaban J connectivity index is 2.23. The summed E-state index contributed by atoms with van der Waals surface area (Å²) in [6, 6.07) is 1.89. The lowest BCUT2D eigenvalue weighted by atomic mass is 10.2. The fourth-order valence-electron chi connectivity index (χ4n) is 1.84. The number of ether oxygens (including phenoxy) is 1. The predicted molar refractivity (Wildman–Crippen MR) is 68.5 cm³/mol. The van der Waals surface area contributed by atoms with E-state index in [1.54, 1.807) is 30.8 Å². The van der Waals surface area contributed by atoms with Crippen molar-refractivity contribution in [3.63, 3.8) is 0 Å². The molecule has 0 atom stereocenters. The zero-order valence-corrected chi connectivity index (χ0v) is 10.3. The number of hydrogen-bond donors (Lipinski definition) is 1. The summed E-state index contributed by atoms with van der Waals surface area (Å²) in [5.74, 6) is 1.70. The number of aryl methyl sites for hydroxylation is 1. The van der Waals surface area contributed by atoms with Crippen molar-refractivity contribution in [2.75, 3.05) is 7.11 Å². The number of hydrogen-bond acceptors (Lipinski definition) is 4. The van der Waals surface area contributed by atoms with Crippen LogP contribution in [0.15, 0.2) is 23.8 Å². The van der Waals surface area contributed by atoms with Crippen LogP contribution < -0.4 is 4.74 Å². The van der Waals surface area contributed by atoms with Crippen LogP contribution >= 0.6 is 11.3 Å². The van der Waals surface area contributed by atoms with Crippen molar-refractivity contribution in [2.24, 2.45) is 0 Å². The quantitative estimate of drug-likeness (QED) is 0.755. The minimum atomic E-state index is 0.837. The van der Waals surface area contributed by atoms with Crippen LogP contribution in [0.2, 0.25) is 0 Å². The molecule has 4 nitrogen and oxygen atoms in total. The number of thiophene rings is 1. The molecule has 17 heavy (non-hydrogen) atoms. The highest BCUT2D eigenvalue weighted by Crippen LogP contribution is 2.36. The number of nitrogens with zero attached hydrogens (tertiary/aromatic N) is 2. The van der Waals surface area contributed by atoms with Gasteiger partial charge in [0.1, 0.15) is 11.6 Å². The molecule has 5 heteroatoms. The molecule has 0 aromatic carbocycles. The van der Waals surface area contributed by atoms with Gasteiger partial charge in [0.15, 0.2) is 0 Å². The number of fused-ring (bicyclic) bond motifs is 1. The number of nitrogens with one attached hydrogen (secondary N) is 1. The Hall–Kier alpha value is -1.88. The first-order valence-corrected chi connectivity index (χ1v) is 6.09. The third kappa shape index (κ3) is 1.59. The van der Waals surface area contributed by atoms with Gasteiger partial charge in [-0.05, 0) is 13.0 Å². The van der Waals surface area contributed by atoms with Crippen molar-refractivity contribution in [1.82, 2.24) is 15.0 Å². The van der Waals surface area contributed by atoms with Gasteiger partial charge in [-0.3, -0.25) is 4.98 Å². The van der Waals surface area contributed by atoms with Crippen LogP contribution in [0, 0.1) is 6.92 Å². The Morgan fingerprint density at radius 3 is 3.06 bits per heavy atom. The summed E-state index contributed by atoms with van der Waals surface area (Å²) in [6.07, 6.45) is 3.52. The Morgan fingerprint density at radius 1 is 1.41 bits per heavy atom. The van der Waals surface area contributed by atoms with E-state index in [1.807, 2.05) is 11.4 Å². The van der Waals surface area contributed by atoms with Crippen LogP contribution in [0.1, 0.15) is 4.88 Å². The van der Waals surface area contributed by atoms with Gasteiger partial charge < -0.3 is 9.72 Å². The molecule has 3 heterocycles. The molecule has 0 aliphatic heterocycles. The Kier molecular flexibility index (Phi) is 2.33. The van der Waals surface area contributed by atoms with Crippen molar-refractivity contribution < 1.29 is 4.74 Å². The van der Waals surface area contributed by atoms with E-state index in [9.17, 15) is 0 Å². The minimum absolute atomic E-state index is 0.837. The van der Waals surface area contributed by atoms with Crippen LogP contribution in [0.5, 0.6) is 5.75 Å². The molecule has 0 fully saturated rings. The van der Waals surface area contributed by atoms with Crippen LogP contribution in [0.25, 0.3) is 22.4 Å². The molecule has 0 unspecified atom stereocenters. The van der Waals surface area contributed by atoms with Gasteiger partial charge in [-0.25, -0.2) is 4.98 Å². The highest BCUT2D eigenvalue weighted by molar-refractivity contribution is 7.10. The molecule has 0 saturated heterocycles. The second kappa shape index (κ2) is 3.85.